The molecule has 0 N–H and O–H groups in total. The van der Waals surface area contributed by atoms with E-state index < -0.39 is 0 Å². The van der Waals surface area contributed by atoms with Gasteiger partial charge >= 0.3 is 0 Å². The molecule has 0 aromatic heterocycles. The van der Waals surface area contributed by atoms with Crippen LogP contribution in [0.1, 0.15) is 37.5 Å². The second kappa shape index (κ2) is 5.91. The summed E-state index contributed by atoms with van der Waals surface area (Å²) >= 11 is 3.38. The molecule has 0 aliphatic carbocycles. The van der Waals surface area contributed by atoms with Gasteiger partial charge in [0.25, 0.3) is 0 Å². The largest absolute Gasteiger partial charge is 0.457 e. The monoisotopic (exact) mass is 343 g/mol. The quantitative estimate of drug-likeness (QED) is 0.698. The van der Waals surface area contributed by atoms with Gasteiger partial charge < -0.3 is 4.74 Å². The third-order valence-electron chi connectivity index (χ3n) is 3.34. The van der Waals surface area contributed by atoms with Gasteiger partial charge in [-0.15, -0.1) is 0 Å². The Morgan fingerprint density at radius 3 is 2.38 bits per heavy atom. The van der Waals surface area contributed by atoms with Gasteiger partial charge in [0.2, 0.25) is 0 Å². The van der Waals surface area contributed by atoms with E-state index in [1.165, 1.54) is 5.56 Å². The lowest BCUT2D eigenvalue weighted by molar-refractivity contribution is 0.474. The maximum atomic E-state index is 8.95. The zero-order valence-electron chi connectivity index (χ0n) is 12.7. The number of rotatable bonds is 2. The van der Waals surface area contributed by atoms with Crippen LogP contribution in [0, 0.1) is 18.3 Å². The van der Waals surface area contributed by atoms with Crippen LogP contribution in [-0.2, 0) is 5.41 Å². The minimum absolute atomic E-state index is 0.0804. The molecule has 0 heterocycles. The zero-order valence-corrected chi connectivity index (χ0v) is 14.3. The molecular weight excluding hydrogens is 326 g/mol. The van der Waals surface area contributed by atoms with E-state index in [-0.39, 0.29) is 5.41 Å². The van der Waals surface area contributed by atoms with Crippen LogP contribution in [-0.4, -0.2) is 0 Å². The van der Waals surface area contributed by atoms with E-state index in [0.29, 0.717) is 5.56 Å². The Labute approximate surface area is 134 Å². The van der Waals surface area contributed by atoms with Gasteiger partial charge in [-0.2, -0.15) is 5.26 Å². The van der Waals surface area contributed by atoms with Crippen LogP contribution < -0.4 is 4.74 Å². The highest BCUT2D eigenvalue weighted by Gasteiger charge is 2.15. The lowest BCUT2D eigenvalue weighted by Crippen LogP contribution is -2.11. The topological polar surface area (TPSA) is 33.0 Å². The summed E-state index contributed by atoms with van der Waals surface area (Å²) in [7, 11) is 0. The van der Waals surface area contributed by atoms with Crippen molar-refractivity contribution in [1.82, 2.24) is 0 Å². The maximum Gasteiger partial charge on any atom is 0.130 e. The highest BCUT2D eigenvalue weighted by Crippen LogP contribution is 2.32. The number of nitrogens with zero attached hydrogens (tertiary/aromatic N) is 1. The van der Waals surface area contributed by atoms with Crippen molar-refractivity contribution in [3.05, 3.63) is 57.6 Å². The van der Waals surface area contributed by atoms with Crippen molar-refractivity contribution >= 4 is 15.9 Å². The summed E-state index contributed by atoms with van der Waals surface area (Å²) in [4.78, 5) is 0. The van der Waals surface area contributed by atoms with Crippen LogP contribution in [0.3, 0.4) is 0 Å². The standard InChI is InChI=1S/C18H18BrNO/c1-12-5-7-14(18(2,3)4)9-17(12)21-15-8-6-13(11-20)16(19)10-15/h5-10H,1-4H3. The fourth-order valence-electron chi connectivity index (χ4n) is 1.95. The molecule has 21 heavy (non-hydrogen) atoms. The molecule has 2 rings (SSSR count). The van der Waals surface area contributed by atoms with Gasteiger partial charge in [0.15, 0.2) is 0 Å². The third kappa shape index (κ3) is 3.65. The first-order valence-electron chi connectivity index (χ1n) is 6.80. The van der Waals surface area contributed by atoms with Gasteiger partial charge in [-0.05, 0) is 63.7 Å². The van der Waals surface area contributed by atoms with Gasteiger partial charge in [-0.25, -0.2) is 0 Å². The van der Waals surface area contributed by atoms with E-state index in [0.717, 1.165) is 21.5 Å². The fraction of sp³-hybridized carbons (Fsp3) is 0.278. The van der Waals surface area contributed by atoms with Gasteiger partial charge in [0.1, 0.15) is 17.6 Å². The van der Waals surface area contributed by atoms with Gasteiger partial charge in [-0.3, -0.25) is 0 Å². The smallest absolute Gasteiger partial charge is 0.130 e. The van der Waals surface area contributed by atoms with Crippen molar-refractivity contribution in [1.29, 1.82) is 5.26 Å². The van der Waals surface area contributed by atoms with Crippen molar-refractivity contribution in [2.45, 2.75) is 33.1 Å². The van der Waals surface area contributed by atoms with E-state index in [9.17, 15) is 0 Å². The molecular formula is C18H18BrNO. The first kappa shape index (κ1) is 15.6. The molecule has 0 radical (unpaired) electrons. The lowest BCUT2D eigenvalue weighted by atomic mass is 9.86. The number of hydrogen-bond donors (Lipinski definition) is 0. The number of hydrogen-bond acceptors (Lipinski definition) is 2. The summed E-state index contributed by atoms with van der Waals surface area (Å²) in [5.41, 5.74) is 3.00. The third-order valence-corrected chi connectivity index (χ3v) is 4.00. The SMILES string of the molecule is Cc1ccc(C(C)(C)C)cc1Oc1ccc(C#N)c(Br)c1. The number of benzene rings is 2. The minimum Gasteiger partial charge on any atom is -0.457 e. The summed E-state index contributed by atoms with van der Waals surface area (Å²) in [6.07, 6.45) is 0. The van der Waals surface area contributed by atoms with Gasteiger partial charge in [0.05, 0.1) is 5.56 Å². The van der Waals surface area contributed by atoms with Crippen molar-refractivity contribution in [3.63, 3.8) is 0 Å². The van der Waals surface area contributed by atoms with E-state index in [4.69, 9.17) is 10.00 Å². The molecule has 0 amide bonds. The molecule has 2 aromatic carbocycles. The zero-order chi connectivity index (χ0) is 15.6. The average molecular weight is 344 g/mol. The van der Waals surface area contributed by atoms with E-state index >= 15 is 0 Å². The molecule has 0 spiro atoms. The highest BCUT2D eigenvalue weighted by atomic mass is 79.9. The molecule has 0 atom stereocenters. The van der Waals surface area contributed by atoms with Crippen molar-refractivity contribution in [2.75, 3.05) is 0 Å². The van der Waals surface area contributed by atoms with Crippen LogP contribution in [0.4, 0.5) is 0 Å². The molecule has 0 saturated heterocycles. The van der Waals surface area contributed by atoms with Crippen LogP contribution in [0.15, 0.2) is 40.9 Å². The van der Waals surface area contributed by atoms with Crippen LogP contribution >= 0.6 is 15.9 Å². The maximum absolute atomic E-state index is 8.95. The predicted octanol–water partition coefficient (Wildman–Crippen LogP) is 5.72. The van der Waals surface area contributed by atoms with Crippen LogP contribution in [0.2, 0.25) is 0 Å². The number of aryl methyl sites for hydroxylation is 1. The molecule has 2 aromatic rings. The highest BCUT2D eigenvalue weighted by molar-refractivity contribution is 9.10. The molecule has 0 aliphatic heterocycles. The molecule has 0 aliphatic rings. The second-order valence-corrected chi connectivity index (χ2v) is 6.94. The molecule has 0 saturated carbocycles. The predicted molar refractivity (Wildman–Crippen MR) is 88.8 cm³/mol. The Morgan fingerprint density at radius 2 is 1.81 bits per heavy atom. The summed E-state index contributed by atoms with van der Waals surface area (Å²) in [5, 5.41) is 8.95. The molecule has 2 nitrogen and oxygen atoms in total. The molecule has 0 unspecified atom stereocenters. The summed E-state index contributed by atoms with van der Waals surface area (Å²) < 4.78 is 6.73. The summed E-state index contributed by atoms with van der Waals surface area (Å²) in [5.74, 6) is 1.56. The summed E-state index contributed by atoms with van der Waals surface area (Å²) in [6.45, 7) is 8.57. The van der Waals surface area contributed by atoms with Crippen molar-refractivity contribution < 1.29 is 4.74 Å². The Kier molecular flexibility index (Phi) is 4.39. The van der Waals surface area contributed by atoms with Gasteiger partial charge in [0, 0.05) is 4.47 Å². The van der Waals surface area contributed by atoms with Crippen molar-refractivity contribution in [3.8, 4) is 17.6 Å². The number of halogens is 1. The Hall–Kier alpha value is -1.79. The Morgan fingerprint density at radius 1 is 1.10 bits per heavy atom. The second-order valence-electron chi connectivity index (χ2n) is 6.09. The first-order valence-corrected chi connectivity index (χ1v) is 7.59. The Balaban J connectivity index is 2.35. The van der Waals surface area contributed by atoms with Crippen LogP contribution in [0.5, 0.6) is 11.5 Å². The molecule has 0 fully saturated rings. The van der Waals surface area contributed by atoms with Crippen molar-refractivity contribution in [2.24, 2.45) is 0 Å². The normalized spacial score (nSPS) is 11.0. The molecule has 3 heteroatoms. The molecule has 108 valence electrons. The van der Waals surface area contributed by atoms with Gasteiger partial charge in [-0.1, -0.05) is 32.9 Å². The minimum atomic E-state index is 0.0804. The van der Waals surface area contributed by atoms with E-state index in [1.807, 2.05) is 19.1 Å². The summed E-state index contributed by atoms with van der Waals surface area (Å²) in [6, 6.07) is 13.8. The average Bonchev–Trinajstić information content (AvgIpc) is 2.40. The number of nitriles is 1. The van der Waals surface area contributed by atoms with E-state index in [1.54, 1.807) is 6.07 Å². The first-order chi connectivity index (χ1) is 9.81. The lowest BCUT2D eigenvalue weighted by Gasteiger charge is -2.21. The Bertz CT molecular complexity index is 708. The van der Waals surface area contributed by atoms with E-state index in [2.05, 4.69) is 61.0 Å². The fourth-order valence-corrected chi connectivity index (χ4v) is 2.40. The number of ether oxygens (including phenoxy) is 1. The molecule has 0 bridgehead atoms. The van der Waals surface area contributed by atoms with Crippen LogP contribution in [0.25, 0.3) is 0 Å².